The van der Waals surface area contributed by atoms with Crippen LogP contribution in [0.2, 0.25) is 0 Å². The van der Waals surface area contributed by atoms with Crippen molar-refractivity contribution < 1.29 is 9.53 Å². The molecule has 0 bridgehead atoms. The van der Waals surface area contributed by atoms with Crippen LogP contribution >= 0.6 is 0 Å². The molecule has 1 aromatic heterocycles. The fourth-order valence-corrected chi connectivity index (χ4v) is 0.914. The summed E-state index contributed by atoms with van der Waals surface area (Å²) in [4.78, 5) is 15.0. The molecule has 0 aliphatic heterocycles. The van der Waals surface area contributed by atoms with Crippen molar-refractivity contribution in [3.05, 3.63) is 30.9 Å². The van der Waals surface area contributed by atoms with Gasteiger partial charge in [0.2, 0.25) is 0 Å². The number of aromatic nitrogens is 2. The molecule has 1 rings (SSSR count). The van der Waals surface area contributed by atoms with E-state index in [0.29, 0.717) is 6.61 Å². The van der Waals surface area contributed by atoms with Crippen molar-refractivity contribution in [3.63, 3.8) is 0 Å². The first kappa shape index (κ1) is 10.5. The van der Waals surface area contributed by atoms with Crippen molar-refractivity contribution in [2.45, 2.75) is 19.8 Å². The molecule has 0 saturated heterocycles. The van der Waals surface area contributed by atoms with Crippen LogP contribution in [-0.2, 0) is 4.74 Å². The van der Waals surface area contributed by atoms with Crippen LogP contribution in [-0.4, -0.2) is 22.3 Å². The SMILES string of the molecule is CCC/C=C/COC(=O)n1ccnc1. The lowest BCUT2D eigenvalue weighted by Crippen LogP contribution is -2.11. The fourth-order valence-electron chi connectivity index (χ4n) is 0.914. The van der Waals surface area contributed by atoms with Gasteiger partial charge in [-0.3, -0.25) is 0 Å². The van der Waals surface area contributed by atoms with E-state index in [1.54, 1.807) is 6.20 Å². The highest BCUT2D eigenvalue weighted by Crippen LogP contribution is 1.92. The minimum Gasteiger partial charge on any atom is -0.445 e. The van der Waals surface area contributed by atoms with Gasteiger partial charge in [-0.1, -0.05) is 25.5 Å². The molecular weight excluding hydrogens is 180 g/mol. The Balaban J connectivity index is 2.22. The van der Waals surface area contributed by atoms with Crippen LogP contribution in [0.15, 0.2) is 30.9 Å². The zero-order valence-corrected chi connectivity index (χ0v) is 8.22. The van der Waals surface area contributed by atoms with Gasteiger partial charge in [-0.25, -0.2) is 14.3 Å². The highest BCUT2D eigenvalue weighted by molar-refractivity contribution is 5.70. The average molecular weight is 194 g/mol. The molecule has 76 valence electrons. The summed E-state index contributed by atoms with van der Waals surface area (Å²) in [6.07, 6.45) is 10.1. The number of rotatable bonds is 4. The number of carbonyl (C=O) groups is 1. The quantitative estimate of drug-likeness (QED) is 0.690. The van der Waals surface area contributed by atoms with Gasteiger partial charge in [0.05, 0.1) is 0 Å². The lowest BCUT2D eigenvalue weighted by atomic mass is 10.3. The molecule has 0 atom stereocenters. The maximum Gasteiger partial charge on any atom is 0.419 e. The summed E-state index contributed by atoms with van der Waals surface area (Å²) in [7, 11) is 0. The first-order valence-corrected chi connectivity index (χ1v) is 4.64. The number of nitrogens with zero attached hydrogens (tertiary/aromatic N) is 2. The normalized spacial score (nSPS) is 10.6. The third-order valence-electron chi connectivity index (χ3n) is 1.64. The van der Waals surface area contributed by atoms with Crippen LogP contribution in [0.5, 0.6) is 0 Å². The zero-order chi connectivity index (χ0) is 10.2. The molecule has 0 radical (unpaired) electrons. The zero-order valence-electron chi connectivity index (χ0n) is 8.22. The molecule has 0 saturated carbocycles. The molecule has 1 heterocycles. The van der Waals surface area contributed by atoms with E-state index in [4.69, 9.17) is 4.74 Å². The van der Waals surface area contributed by atoms with Gasteiger partial charge in [-0.05, 0) is 6.42 Å². The van der Waals surface area contributed by atoms with E-state index in [9.17, 15) is 4.79 Å². The van der Waals surface area contributed by atoms with E-state index < -0.39 is 6.09 Å². The standard InChI is InChI=1S/C10H14N2O2/c1-2-3-4-5-8-14-10(13)12-7-6-11-9-12/h4-7,9H,2-3,8H2,1H3/b5-4+. The molecule has 14 heavy (non-hydrogen) atoms. The van der Waals surface area contributed by atoms with Crippen LogP contribution in [0.25, 0.3) is 0 Å². The van der Waals surface area contributed by atoms with Crippen LogP contribution in [0.1, 0.15) is 19.8 Å². The molecule has 0 unspecified atom stereocenters. The Morgan fingerprint density at radius 2 is 2.43 bits per heavy atom. The minimum atomic E-state index is -0.399. The molecular formula is C10H14N2O2. The molecule has 4 nitrogen and oxygen atoms in total. The molecule has 4 heteroatoms. The molecule has 0 spiro atoms. The number of hydrogen-bond donors (Lipinski definition) is 0. The van der Waals surface area contributed by atoms with Crippen LogP contribution in [0, 0.1) is 0 Å². The van der Waals surface area contributed by atoms with Crippen LogP contribution in [0.3, 0.4) is 0 Å². The Bertz CT molecular complexity index is 291. The fraction of sp³-hybridized carbons (Fsp3) is 0.400. The summed E-state index contributed by atoms with van der Waals surface area (Å²) in [5, 5.41) is 0. The summed E-state index contributed by atoms with van der Waals surface area (Å²) >= 11 is 0. The number of unbranched alkanes of at least 4 members (excludes halogenated alkanes) is 1. The van der Waals surface area contributed by atoms with Gasteiger partial charge in [0.15, 0.2) is 0 Å². The van der Waals surface area contributed by atoms with Gasteiger partial charge in [0, 0.05) is 12.4 Å². The predicted octanol–water partition coefficient (Wildman–Crippen LogP) is 2.22. The summed E-state index contributed by atoms with van der Waals surface area (Å²) in [5.41, 5.74) is 0. The first-order chi connectivity index (χ1) is 6.84. The number of ether oxygens (including phenoxy) is 1. The molecule has 0 N–H and O–H groups in total. The van der Waals surface area contributed by atoms with E-state index in [0.717, 1.165) is 12.8 Å². The monoisotopic (exact) mass is 194 g/mol. The second-order valence-corrected chi connectivity index (χ2v) is 2.81. The maximum atomic E-state index is 11.2. The Morgan fingerprint density at radius 3 is 3.07 bits per heavy atom. The molecule has 0 aromatic carbocycles. The maximum absolute atomic E-state index is 11.2. The van der Waals surface area contributed by atoms with Crippen LogP contribution in [0.4, 0.5) is 4.79 Å². The van der Waals surface area contributed by atoms with Crippen molar-refractivity contribution in [3.8, 4) is 0 Å². The molecule has 0 aliphatic carbocycles. The summed E-state index contributed by atoms with van der Waals surface area (Å²) in [6.45, 7) is 2.42. The van der Waals surface area contributed by atoms with Crippen molar-refractivity contribution in [2.24, 2.45) is 0 Å². The van der Waals surface area contributed by atoms with Crippen molar-refractivity contribution in [1.29, 1.82) is 0 Å². The highest BCUT2D eigenvalue weighted by Gasteiger charge is 2.01. The molecule has 0 aliphatic rings. The summed E-state index contributed by atoms with van der Waals surface area (Å²) < 4.78 is 6.23. The van der Waals surface area contributed by atoms with Gasteiger partial charge in [-0.2, -0.15) is 0 Å². The number of allylic oxidation sites excluding steroid dienone is 1. The highest BCUT2D eigenvalue weighted by atomic mass is 16.5. The Hall–Kier alpha value is -1.58. The van der Waals surface area contributed by atoms with E-state index in [2.05, 4.69) is 11.9 Å². The smallest absolute Gasteiger partial charge is 0.419 e. The lowest BCUT2D eigenvalue weighted by Gasteiger charge is -2.00. The van der Waals surface area contributed by atoms with Gasteiger partial charge in [-0.15, -0.1) is 0 Å². The van der Waals surface area contributed by atoms with Gasteiger partial charge in [0.25, 0.3) is 0 Å². The third kappa shape index (κ3) is 3.43. The van der Waals surface area contributed by atoms with Crippen molar-refractivity contribution in [2.75, 3.05) is 6.61 Å². The number of imidazole rings is 1. The van der Waals surface area contributed by atoms with E-state index in [1.807, 2.05) is 12.2 Å². The van der Waals surface area contributed by atoms with E-state index in [-0.39, 0.29) is 0 Å². The van der Waals surface area contributed by atoms with Gasteiger partial charge in [0.1, 0.15) is 12.9 Å². The average Bonchev–Trinajstić information content (AvgIpc) is 2.70. The van der Waals surface area contributed by atoms with Crippen molar-refractivity contribution in [1.82, 2.24) is 9.55 Å². The Labute approximate surface area is 83.2 Å². The topological polar surface area (TPSA) is 44.1 Å². The second kappa shape index (κ2) is 5.96. The van der Waals surface area contributed by atoms with Crippen LogP contribution < -0.4 is 0 Å². The summed E-state index contributed by atoms with van der Waals surface area (Å²) in [5.74, 6) is 0. The van der Waals surface area contributed by atoms with E-state index >= 15 is 0 Å². The Morgan fingerprint density at radius 1 is 1.57 bits per heavy atom. The van der Waals surface area contributed by atoms with Crippen molar-refractivity contribution >= 4 is 6.09 Å². The number of carbonyl (C=O) groups excluding carboxylic acids is 1. The molecule has 1 aromatic rings. The Kier molecular flexibility index (Phi) is 4.47. The largest absolute Gasteiger partial charge is 0.445 e. The lowest BCUT2D eigenvalue weighted by molar-refractivity contribution is 0.160. The third-order valence-corrected chi connectivity index (χ3v) is 1.64. The van der Waals surface area contributed by atoms with E-state index in [1.165, 1.54) is 17.1 Å². The molecule has 0 fully saturated rings. The second-order valence-electron chi connectivity index (χ2n) is 2.81. The predicted molar refractivity (Wildman–Crippen MR) is 53.0 cm³/mol. The number of hydrogen-bond acceptors (Lipinski definition) is 3. The van der Waals surface area contributed by atoms with Gasteiger partial charge < -0.3 is 4.74 Å². The van der Waals surface area contributed by atoms with Gasteiger partial charge >= 0.3 is 6.09 Å². The molecule has 0 amide bonds. The minimum absolute atomic E-state index is 0.316. The summed E-state index contributed by atoms with van der Waals surface area (Å²) in [6, 6.07) is 0. The first-order valence-electron chi connectivity index (χ1n) is 4.64.